The normalized spacial score (nSPS) is 12.2. The molecule has 6 heteroatoms. The Bertz CT molecular complexity index is 610. The molecule has 1 amide bonds. The lowest BCUT2D eigenvalue weighted by atomic mass is 10.1. The zero-order valence-electron chi connectivity index (χ0n) is 13.4. The molecular formula is C16H22N4OS. The molecule has 2 aromatic rings. The van der Waals surface area contributed by atoms with Crippen molar-refractivity contribution >= 4 is 23.1 Å². The Labute approximate surface area is 135 Å². The van der Waals surface area contributed by atoms with Crippen LogP contribution in [0.15, 0.2) is 35.2 Å². The molecule has 5 nitrogen and oxygen atoms in total. The van der Waals surface area contributed by atoms with E-state index in [2.05, 4.69) is 32.0 Å². The van der Waals surface area contributed by atoms with Gasteiger partial charge in [-0.3, -0.25) is 4.79 Å². The summed E-state index contributed by atoms with van der Waals surface area (Å²) in [7, 11) is 7.85. The van der Waals surface area contributed by atoms with Gasteiger partial charge in [-0.25, -0.2) is 4.98 Å². The second-order valence-electron chi connectivity index (χ2n) is 5.54. The molecule has 0 radical (unpaired) electrons. The third kappa shape index (κ3) is 4.05. The van der Waals surface area contributed by atoms with Gasteiger partial charge >= 0.3 is 0 Å². The summed E-state index contributed by atoms with van der Waals surface area (Å²) in [5.41, 5.74) is 1.85. The van der Waals surface area contributed by atoms with Gasteiger partial charge in [0.15, 0.2) is 0 Å². The van der Waals surface area contributed by atoms with E-state index in [9.17, 15) is 4.79 Å². The third-order valence-electron chi connectivity index (χ3n) is 3.47. The highest BCUT2D eigenvalue weighted by Crippen LogP contribution is 2.20. The van der Waals surface area contributed by atoms with E-state index in [1.807, 2.05) is 33.1 Å². The van der Waals surface area contributed by atoms with Gasteiger partial charge in [-0.05, 0) is 48.6 Å². The fourth-order valence-electron chi connectivity index (χ4n) is 2.16. The van der Waals surface area contributed by atoms with Crippen LogP contribution >= 0.6 is 11.3 Å². The van der Waals surface area contributed by atoms with E-state index < -0.39 is 0 Å². The summed E-state index contributed by atoms with van der Waals surface area (Å²) in [6.07, 6.45) is 1.66. The molecule has 0 fully saturated rings. The number of hydrogen-bond acceptors (Lipinski definition) is 5. The number of carbonyl (C=O) groups excluding carboxylic acids is 1. The lowest BCUT2D eigenvalue weighted by Gasteiger charge is -2.24. The molecular weight excluding hydrogens is 296 g/mol. The van der Waals surface area contributed by atoms with Crippen molar-refractivity contribution in [2.45, 2.75) is 6.04 Å². The summed E-state index contributed by atoms with van der Waals surface area (Å²) in [5.74, 6) is 0.697. The molecule has 2 rings (SSSR count). The average Bonchev–Trinajstić information content (AvgIpc) is 3.01. The van der Waals surface area contributed by atoms with Crippen LogP contribution in [0.5, 0.6) is 0 Å². The van der Waals surface area contributed by atoms with Crippen molar-refractivity contribution < 1.29 is 4.79 Å². The van der Waals surface area contributed by atoms with Crippen LogP contribution < -0.4 is 10.2 Å². The van der Waals surface area contributed by atoms with Crippen LogP contribution in [0.4, 0.5) is 5.82 Å². The number of nitrogens with one attached hydrogen (secondary N) is 1. The Morgan fingerprint density at radius 1 is 1.32 bits per heavy atom. The van der Waals surface area contributed by atoms with Crippen LogP contribution in [0, 0.1) is 0 Å². The molecule has 1 N–H and O–H groups in total. The molecule has 0 aromatic carbocycles. The van der Waals surface area contributed by atoms with E-state index >= 15 is 0 Å². The standard InChI is InChI=1S/C16H22N4OS/c1-19(2)14(13-6-8-22-11-13)10-18-16(21)12-5-7-17-15(9-12)20(3)4/h5-9,11,14H,10H2,1-4H3,(H,18,21)/t14-/m1/s1. The van der Waals surface area contributed by atoms with Crippen molar-refractivity contribution in [2.24, 2.45) is 0 Å². The summed E-state index contributed by atoms with van der Waals surface area (Å²) in [5, 5.41) is 7.19. The zero-order chi connectivity index (χ0) is 16.1. The molecule has 0 spiro atoms. The van der Waals surface area contributed by atoms with Crippen LogP contribution in [0.2, 0.25) is 0 Å². The van der Waals surface area contributed by atoms with E-state index in [0.717, 1.165) is 5.82 Å². The molecule has 2 aromatic heterocycles. The second-order valence-corrected chi connectivity index (χ2v) is 6.32. The highest BCUT2D eigenvalue weighted by atomic mass is 32.1. The van der Waals surface area contributed by atoms with Gasteiger partial charge in [-0.1, -0.05) is 0 Å². The molecule has 0 aliphatic heterocycles. The van der Waals surface area contributed by atoms with Gasteiger partial charge in [0.25, 0.3) is 5.91 Å². The Balaban J connectivity index is 2.04. The molecule has 1 atom stereocenters. The Hall–Kier alpha value is -1.92. The van der Waals surface area contributed by atoms with Crippen molar-refractivity contribution in [2.75, 3.05) is 39.6 Å². The molecule has 0 aliphatic carbocycles. The molecule has 0 saturated heterocycles. The van der Waals surface area contributed by atoms with E-state index in [1.165, 1.54) is 5.56 Å². The van der Waals surface area contributed by atoms with Gasteiger partial charge in [0.05, 0.1) is 6.04 Å². The fraction of sp³-hybridized carbons (Fsp3) is 0.375. The second kappa shape index (κ2) is 7.38. The van der Waals surface area contributed by atoms with Crippen LogP contribution in [0.3, 0.4) is 0 Å². The largest absolute Gasteiger partial charge is 0.363 e. The smallest absolute Gasteiger partial charge is 0.251 e. The van der Waals surface area contributed by atoms with Crippen LogP contribution in [0.1, 0.15) is 22.0 Å². The molecule has 0 unspecified atom stereocenters. The van der Waals surface area contributed by atoms with Crippen molar-refractivity contribution in [1.29, 1.82) is 0 Å². The Kier molecular flexibility index (Phi) is 5.51. The predicted molar refractivity (Wildman–Crippen MR) is 91.6 cm³/mol. The average molecular weight is 318 g/mol. The lowest BCUT2D eigenvalue weighted by molar-refractivity contribution is 0.0942. The SMILES string of the molecule is CN(C)c1cc(C(=O)NC[C@H](c2ccsc2)N(C)C)ccn1. The van der Waals surface area contributed by atoms with E-state index in [0.29, 0.717) is 12.1 Å². The predicted octanol–water partition coefficient (Wildman–Crippen LogP) is 2.24. The topological polar surface area (TPSA) is 48.5 Å². The minimum Gasteiger partial charge on any atom is -0.363 e. The number of likely N-dealkylation sites (N-methyl/N-ethyl adjacent to an activating group) is 1. The third-order valence-corrected chi connectivity index (χ3v) is 4.17. The first-order chi connectivity index (χ1) is 10.5. The van der Waals surface area contributed by atoms with Gasteiger partial charge in [-0.2, -0.15) is 11.3 Å². The summed E-state index contributed by atoms with van der Waals surface area (Å²) < 4.78 is 0. The number of aromatic nitrogens is 1. The van der Waals surface area contributed by atoms with E-state index in [-0.39, 0.29) is 11.9 Å². The van der Waals surface area contributed by atoms with Crippen LogP contribution in [0.25, 0.3) is 0 Å². The minimum absolute atomic E-state index is 0.0763. The Morgan fingerprint density at radius 2 is 2.09 bits per heavy atom. The quantitative estimate of drug-likeness (QED) is 0.887. The molecule has 22 heavy (non-hydrogen) atoms. The van der Waals surface area contributed by atoms with Crippen molar-refractivity contribution in [3.8, 4) is 0 Å². The highest BCUT2D eigenvalue weighted by molar-refractivity contribution is 7.07. The number of amides is 1. The number of rotatable bonds is 6. The number of hydrogen-bond donors (Lipinski definition) is 1. The maximum Gasteiger partial charge on any atom is 0.251 e. The number of thiophene rings is 1. The molecule has 0 bridgehead atoms. The molecule has 118 valence electrons. The molecule has 2 heterocycles. The van der Waals surface area contributed by atoms with Gasteiger partial charge < -0.3 is 15.1 Å². The van der Waals surface area contributed by atoms with Crippen LogP contribution in [-0.2, 0) is 0 Å². The number of anilines is 1. The highest BCUT2D eigenvalue weighted by Gasteiger charge is 2.16. The van der Waals surface area contributed by atoms with Gasteiger partial charge in [0, 0.05) is 32.4 Å². The van der Waals surface area contributed by atoms with Crippen molar-refractivity contribution in [3.05, 3.63) is 46.3 Å². The zero-order valence-corrected chi connectivity index (χ0v) is 14.2. The molecule has 0 aliphatic rings. The van der Waals surface area contributed by atoms with Crippen molar-refractivity contribution in [1.82, 2.24) is 15.2 Å². The maximum atomic E-state index is 12.3. The minimum atomic E-state index is -0.0763. The van der Waals surface area contributed by atoms with Gasteiger partial charge in [-0.15, -0.1) is 0 Å². The van der Waals surface area contributed by atoms with Gasteiger partial charge in [0.2, 0.25) is 0 Å². The molecule has 0 saturated carbocycles. The first-order valence-electron chi connectivity index (χ1n) is 7.09. The fourth-order valence-corrected chi connectivity index (χ4v) is 2.87. The van der Waals surface area contributed by atoms with Gasteiger partial charge in [0.1, 0.15) is 5.82 Å². The van der Waals surface area contributed by atoms with Crippen molar-refractivity contribution in [3.63, 3.8) is 0 Å². The summed E-state index contributed by atoms with van der Waals surface area (Å²) in [6.45, 7) is 0.572. The Morgan fingerprint density at radius 3 is 2.68 bits per heavy atom. The first kappa shape index (κ1) is 16.5. The first-order valence-corrected chi connectivity index (χ1v) is 8.03. The summed E-state index contributed by atoms with van der Waals surface area (Å²) in [4.78, 5) is 20.6. The van der Waals surface area contributed by atoms with E-state index in [1.54, 1.807) is 29.7 Å². The number of nitrogens with zero attached hydrogens (tertiary/aromatic N) is 3. The summed E-state index contributed by atoms with van der Waals surface area (Å²) >= 11 is 1.67. The lowest BCUT2D eigenvalue weighted by Crippen LogP contribution is -2.34. The number of pyridine rings is 1. The monoisotopic (exact) mass is 318 g/mol. The van der Waals surface area contributed by atoms with Crippen LogP contribution in [-0.4, -0.2) is 50.5 Å². The van der Waals surface area contributed by atoms with E-state index in [4.69, 9.17) is 0 Å². The number of carbonyl (C=O) groups is 1. The maximum absolute atomic E-state index is 12.3. The summed E-state index contributed by atoms with van der Waals surface area (Å²) in [6, 6.07) is 5.80.